The normalized spacial score (nSPS) is 10.6. The third-order valence-corrected chi connectivity index (χ3v) is 4.50. The molecule has 7 heteroatoms. The molecule has 0 spiro atoms. The van der Waals surface area contributed by atoms with Crippen molar-refractivity contribution in [1.29, 1.82) is 5.26 Å². The first-order chi connectivity index (χ1) is 14.0. The zero-order valence-corrected chi connectivity index (χ0v) is 17.0. The van der Waals surface area contributed by atoms with Crippen LogP contribution < -0.4 is 10.3 Å². The van der Waals surface area contributed by atoms with Crippen molar-refractivity contribution in [3.63, 3.8) is 0 Å². The van der Waals surface area contributed by atoms with Crippen LogP contribution in [0.25, 0.3) is 0 Å². The smallest absolute Gasteiger partial charge is 0.271 e. The number of pyridine rings is 1. The Kier molecular flexibility index (Phi) is 7.98. The molecule has 1 N–H and O–H groups in total. The van der Waals surface area contributed by atoms with Gasteiger partial charge in [-0.1, -0.05) is 19.1 Å². The number of aromatic nitrogens is 1. The molecule has 0 radical (unpaired) electrons. The van der Waals surface area contributed by atoms with E-state index in [4.69, 9.17) is 9.47 Å². The quantitative estimate of drug-likeness (QED) is 0.487. The van der Waals surface area contributed by atoms with Crippen molar-refractivity contribution in [2.24, 2.45) is 0 Å². The molecule has 7 nitrogen and oxygen atoms in total. The molecule has 2 aromatic rings. The molecular weight excluding hydrogens is 372 g/mol. The van der Waals surface area contributed by atoms with Crippen LogP contribution in [-0.2, 0) is 11.3 Å². The van der Waals surface area contributed by atoms with Crippen LogP contribution in [0.5, 0.6) is 11.6 Å². The van der Waals surface area contributed by atoms with Crippen molar-refractivity contribution in [1.82, 2.24) is 4.57 Å². The summed E-state index contributed by atoms with van der Waals surface area (Å²) in [4.78, 5) is 25.9. The van der Waals surface area contributed by atoms with Gasteiger partial charge in [0.25, 0.3) is 5.56 Å². The summed E-state index contributed by atoms with van der Waals surface area (Å²) in [6.45, 7) is 6.82. The predicted octanol–water partition coefficient (Wildman–Crippen LogP) is 3.18. The average Bonchev–Trinajstić information content (AvgIpc) is 2.72. The number of ether oxygens (including phenoxy) is 2. The van der Waals surface area contributed by atoms with Crippen molar-refractivity contribution >= 4 is 5.78 Å². The van der Waals surface area contributed by atoms with Crippen LogP contribution in [-0.4, -0.2) is 35.3 Å². The molecule has 1 aromatic heterocycles. The number of carbonyl (C=O) groups excluding carboxylic acids is 1. The summed E-state index contributed by atoms with van der Waals surface area (Å²) in [5.74, 6) is -0.550. The van der Waals surface area contributed by atoms with Gasteiger partial charge in [0.15, 0.2) is 0 Å². The van der Waals surface area contributed by atoms with Gasteiger partial charge in [0.05, 0.1) is 17.7 Å². The number of rotatable bonds is 10. The summed E-state index contributed by atoms with van der Waals surface area (Å²) in [5, 5.41) is 20.2. The predicted molar refractivity (Wildman–Crippen MR) is 109 cm³/mol. The molecule has 0 aliphatic heterocycles. The number of hydrogen-bond donors (Lipinski definition) is 1. The number of aromatic hydroxyl groups is 1. The van der Waals surface area contributed by atoms with Gasteiger partial charge in [-0.3, -0.25) is 14.2 Å². The second-order valence-corrected chi connectivity index (χ2v) is 6.49. The van der Waals surface area contributed by atoms with Gasteiger partial charge in [-0.15, -0.1) is 0 Å². The highest BCUT2D eigenvalue weighted by molar-refractivity contribution is 6.13. The van der Waals surface area contributed by atoms with Gasteiger partial charge in [0.1, 0.15) is 17.4 Å². The summed E-state index contributed by atoms with van der Waals surface area (Å²) < 4.78 is 12.0. The summed E-state index contributed by atoms with van der Waals surface area (Å²) in [6, 6.07) is 8.60. The van der Waals surface area contributed by atoms with Crippen LogP contribution in [0.15, 0.2) is 29.1 Å². The van der Waals surface area contributed by atoms with Crippen molar-refractivity contribution in [3.05, 3.63) is 56.9 Å². The Morgan fingerprint density at radius 1 is 1.24 bits per heavy atom. The minimum atomic E-state index is -0.619. The maximum absolute atomic E-state index is 13.3. The maximum Gasteiger partial charge on any atom is 0.271 e. The fourth-order valence-electron chi connectivity index (χ4n) is 3.03. The summed E-state index contributed by atoms with van der Waals surface area (Å²) >= 11 is 0. The van der Waals surface area contributed by atoms with Crippen LogP contribution in [0.2, 0.25) is 0 Å². The highest BCUT2D eigenvalue weighted by Crippen LogP contribution is 2.29. The lowest BCUT2D eigenvalue weighted by molar-refractivity contribution is 0.103. The van der Waals surface area contributed by atoms with Crippen LogP contribution in [0.4, 0.5) is 0 Å². The molecule has 0 unspecified atom stereocenters. The first-order valence-corrected chi connectivity index (χ1v) is 9.68. The Labute approximate surface area is 170 Å². The largest absolute Gasteiger partial charge is 0.494 e. The van der Waals surface area contributed by atoms with Crippen molar-refractivity contribution in [3.8, 4) is 17.7 Å². The zero-order chi connectivity index (χ0) is 21.4. The molecule has 0 aliphatic carbocycles. The zero-order valence-electron chi connectivity index (χ0n) is 17.0. The molecule has 154 valence electrons. The number of hydrogen-bond acceptors (Lipinski definition) is 6. The van der Waals surface area contributed by atoms with Crippen LogP contribution >= 0.6 is 0 Å². The van der Waals surface area contributed by atoms with E-state index < -0.39 is 17.2 Å². The number of para-hydroxylation sites is 1. The third-order valence-electron chi connectivity index (χ3n) is 4.50. The topological polar surface area (TPSA) is 102 Å². The Morgan fingerprint density at radius 2 is 1.97 bits per heavy atom. The van der Waals surface area contributed by atoms with E-state index in [0.717, 1.165) is 11.0 Å². The van der Waals surface area contributed by atoms with Crippen LogP contribution in [0.3, 0.4) is 0 Å². The first kappa shape index (κ1) is 22.2. The van der Waals surface area contributed by atoms with E-state index in [0.29, 0.717) is 32.0 Å². The van der Waals surface area contributed by atoms with Gasteiger partial charge in [-0.25, -0.2) is 0 Å². The molecular formula is C22H26N2O5. The summed E-state index contributed by atoms with van der Waals surface area (Å²) in [7, 11) is 0. The van der Waals surface area contributed by atoms with E-state index in [-0.39, 0.29) is 28.8 Å². The standard InChI is InChI=1S/C22H26N2O5/c1-4-12-29-18-10-7-6-9-16(18)20(25)19-15(3)17(14-23)21(26)24(22(19)27)11-8-13-28-5-2/h6-7,9-10,27H,4-5,8,11-13H2,1-3H3. The third kappa shape index (κ3) is 4.84. The maximum atomic E-state index is 13.3. The van der Waals surface area contributed by atoms with Gasteiger partial charge in [0.2, 0.25) is 11.7 Å². The van der Waals surface area contributed by atoms with Gasteiger partial charge in [0, 0.05) is 19.8 Å². The average molecular weight is 398 g/mol. The molecule has 0 atom stereocenters. The minimum absolute atomic E-state index is 0.0647. The summed E-state index contributed by atoms with van der Waals surface area (Å²) in [6.07, 6.45) is 1.23. The van der Waals surface area contributed by atoms with Gasteiger partial charge in [-0.05, 0) is 44.4 Å². The van der Waals surface area contributed by atoms with Gasteiger partial charge >= 0.3 is 0 Å². The van der Waals surface area contributed by atoms with Crippen molar-refractivity contribution < 1.29 is 19.4 Å². The summed E-state index contributed by atoms with van der Waals surface area (Å²) in [5.41, 5.74) is -0.417. The molecule has 0 bridgehead atoms. The van der Waals surface area contributed by atoms with Crippen molar-refractivity contribution in [2.75, 3.05) is 19.8 Å². The van der Waals surface area contributed by atoms with Gasteiger partial charge in [-0.2, -0.15) is 5.26 Å². The lowest BCUT2D eigenvalue weighted by atomic mass is 9.96. The Bertz CT molecular complexity index is 972. The van der Waals surface area contributed by atoms with Crippen LogP contribution in [0, 0.1) is 18.3 Å². The fourth-order valence-corrected chi connectivity index (χ4v) is 3.03. The van der Waals surface area contributed by atoms with Gasteiger partial charge < -0.3 is 14.6 Å². The van der Waals surface area contributed by atoms with E-state index in [1.165, 1.54) is 6.92 Å². The lowest BCUT2D eigenvalue weighted by Gasteiger charge is -2.17. The van der Waals surface area contributed by atoms with E-state index in [9.17, 15) is 20.0 Å². The molecule has 0 aliphatic rings. The Morgan fingerprint density at radius 3 is 2.62 bits per heavy atom. The monoisotopic (exact) mass is 398 g/mol. The fraction of sp³-hybridized carbons (Fsp3) is 0.409. The van der Waals surface area contributed by atoms with Crippen molar-refractivity contribution in [2.45, 2.75) is 40.2 Å². The highest BCUT2D eigenvalue weighted by atomic mass is 16.5. The number of ketones is 1. The molecule has 29 heavy (non-hydrogen) atoms. The number of nitriles is 1. The second-order valence-electron chi connectivity index (χ2n) is 6.49. The second kappa shape index (κ2) is 10.4. The highest BCUT2D eigenvalue weighted by Gasteiger charge is 2.26. The molecule has 0 saturated carbocycles. The number of carbonyl (C=O) groups is 1. The molecule has 0 amide bonds. The molecule has 1 aromatic carbocycles. The molecule has 0 saturated heterocycles. The van der Waals surface area contributed by atoms with E-state index in [1.54, 1.807) is 24.3 Å². The lowest BCUT2D eigenvalue weighted by Crippen LogP contribution is -2.27. The molecule has 0 fully saturated rings. The number of benzene rings is 1. The van der Waals surface area contributed by atoms with E-state index in [1.807, 2.05) is 19.9 Å². The molecule has 1 heterocycles. The molecule has 2 rings (SSSR count). The Hall–Kier alpha value is -3.11. The van der Waals surface area contributed by atoms with Crippen LogP contribution in [0.1, 0.15) is 53.7 Å². The Balaban J connectivity index is 2.56. The first-order valence-electron chi connectivity index (χ1n) is 9.68. The van der Waals surface area contributed by atoms with E-state index >= 15 is 0 Å². The SMILES string of the molecule is CCCOc1ccccc1C(=O)c1c(C)c(C#N)c(=O)n(CCCOCC)c1O. The minimum Gasteiger partial charge on any atom is -0.494 e. The van der Waals surface area contributed by atoms with E-state index in [2.05, 4.69) is 0 Å². The number of nitrogens with zero attached hydrogens (tertiary/aromatic N) is 2.